The molecule has 4 nitrogen and oxygen atoms in total. The van der Waals surface area contributed by atoms with Gasteiger partial charge in [-0.05, 0) is 18.2 Å². The molecule has 0 aromatic heterocycles. The van der Waals surface area contributed by atoms with E-state index in [9.17, 15) is 4.79 Å². The van der Waals surface area contributed by atoms with E-state index in [0.29, 0.717) is 12.2 Å². The van der Waals surface area contributed by atoms with Crippen molar-refractivity contribution < 1.29 is 14.3 Å². The van der Waals surface area contributed by atoms with Gasteiger partial charge in [-0.1, -0.05) is 0 Å². The van der Waals surface area contributed by atoms with E-state index >= 15 is 0 Å². The molecule has 0 bridgehead atoms. The second-order valence-electron chi connectivity index (χ2n) is 3.68. The average Bonchev–Trinajstić information content (AvgIpc) is 2.39. The zero-order valence-corrected chi connectivity index (χ0v) is 9.23. The molecule has 86 valence electrons. The van der Waals surface area contributed by atoms with E-state index in [1.54, 1.807) is 19.2 Å². The maximum absolute atomic E-state index is 10.7. The molecule has 4 heteroatoms. The lowest BCUT2D eigenvalue weighted by Gasteiger charge is -2.25. The van der Waals surface area contributed by atoms with Gasteiger partial charge in [0.2, 0.25) is 0 Å². The summed E-state index contributed by atoms with van der Waals surface area (Å²) in [5, 5.41) is 3.25. The van der Waals surface area contributed by atoms with Gasteiger partial charge in [-0.2, -0.15) is 0 Å². The summed E-state index contributed by atoms with van der Waals surface area (Å²) < 4.78 is 10.9. The second-order valence-corrected chi connectivity index (χ2v) is 3.68. The summed E-state index contributed by atoms with van der Waals surface area (Å²) in [5.74, 6) is 0.763. The van der Waals surface area contributed by atoms with Crippen LogP contribution in [0.3, 0.4) is 0 Å². The first kappa shape index (κ1) is 11.1. The highest BCUT2D eigenvalue weighted by molar-refractivity contribution is 5.75. The van der Waals surface area contributed by atoms with Crippen molar-refractivity contribution in [2.45, 2.75) is 6.10 Å². The normalized spacial score (nSPS) is 20.4. The zero-order valence-electron chi connectivity index (χ0n) is 9.23. The molecule has 0 radical (unpaired) electrons. The number of ether oxygens (including phenoxy) is 2. The molecule has 1 aliphatic heterocycles. The fourth-order valence-corrected chi connectivity index (χ4v) is 1.84. The van der Waals surface area contributed by atoms with Crippen LogP contribution in [0.4, 0.5) is 0 Å². The molecule has 2 rings (SSSR count). The SMILES string of the molecule is COc1ccc(C=O)cc1C1CNCCO1. The van der Waals surface area contributed by atoms with Crippen molar-refractivity contribution in [1.29, 1.82) is 0 Å². The fraction of sp³-hybridized carbons (Fsp3) is 0.417. The van der Waals surface area contributed by atoms with Gasteiger partial charge in [-0.3, -0.25) is 4.79 Å². The molecule has 16 heavy (non-hydrogen) atoms. The molecule has 0 aliphatic carbocycles. The predicted molar refractivity (Wildman–Crippen MR) is 59.9 cm³/mol. The Bertz CT molecular complexity index is 373. The Labute approximate surface area is 94.6 Å². The third kappa shape index (κ3) is 2.23. The van der Waals surface area contributed by atoms with Crippen LogP contribution in [0.25, 0.3) is 0 Å². The van der Waals surface area contributed by atoms with Gasteiger partial charge in [0.1, 0.15) is 12.0 Å². The Hall–Kier alpha value is -1.39. The lowest BCUT2D eigenvalue weighted by molar-refractivity contribution is 0.0262. The number of methoxy groups -OCH3 is 1. The van der Waals surface area contributed by atoms with Crippen LogP contribution in [0.5, 0.6) is 5.75 Å². The molecule has 1 N–H and O–H groups in total. The van der Waals surface area contributed by atoms with Crippen LogP contribution in [0.1, 0.15) is 22.0 Å². The summed E-state index contributed by atoms with van der Waals surface area (Å²) in [4.78, 5) is 10.7. The molecule has 1 saturated heterocycles. The summed E-state index contributed by atoms with van der Waals surface area (Å²) in [7, 11) is 1.62. The van der Waals surface area contributed by atoms with Crippen LogP contribution in [-0.2, 0) is 4.74 Å². The van der Waals surface area contributed by atoms with Gasteiger partial charge in [0.25, 0.3) is 0 Å². The highest BCUT2D eigenvalue weighted by Gasteiger charge is 2.19. The van der Waals surface area contributed by atoms with E-state index in [-0.39, 0.29) is 6.10 Å². The van der Waals surface area contributed by atoms with Gasteiger partial charge >= 0.3 is 0 Å². The lowest BCUT2D eigenvalue weighted by Crippen LogP contribution is -2.33. The molecule has 1 unspecified atom stereocenters. The van der Waals surface area contributed by atoms with Crippen molar-refractivity contribution in [2.24, 2.45) is 0 Å². The molecule has 0 spiro atoms. The zero-order chi connectivity index (χ0) is 11.4. The van der Waals surface area contributed by atoms with E-state index < -0.39 is 0 Å². The summed E-state index contributed by atoms with van der Waals surface area (Å²) in [6.45, 7) is 2.30. The van der Waals surface area contributed by atoms with E-state index in [2.05, 4.69) is 5.32 Å². The van der Waals surface area contributed by atoms with E-state index in [1.165, 1.54) is 0 Å². The van der Waals surface area contributed by atoms with Crippen molar-refractivity contribution in [3.05, 3.63) is 29.3 Å². The monoisotopic (exact) mass is 221 g/mol. The second kappa shape index (κ2) is 5.09. The topological polar surface area (TPSA) is 47.6 Å². The standard InChI is InChI=1S/C12H15NO3/c1-15-11-3-2-9(8-14)6-10(11)12-7-13-4-5-16-12/h2-3,6,8,12-13H,4-5,7H2,1H3. The molecule has 1 atom stereocenters. The van der Waals surface area contributed by atoms with Crippen molar-refractivity contribution >= 4 is 6.29 Å². The number of hydrogen-bond acceptors (Lipinski definition) is 4. The first-order valence-corrected chi connectivity index (χ1v) is 5.30. The van der Waals surface area contributed by atoms with Crippen LogP contribution in [0, 0.1) is 0 Å². The molecular weight excluding hydrogens is 206 g/mol. The minimum atomic E-state index is -0.0383. The van der Waals surface area contributed by atoms with Crippen LogP contribution >= 0.6 is 0 Å². The van der Waals surface area contributed by atoms with Crippen LogP contribution in [-0.4, -0.2) is 33.1 Å². The van der Waals surface area contributed by atoms with Crippen molar-refractivity contribution in [3.63, 3.8) is 0 Å². The Morgan fingerprint density at radius 1 is 1.56 bits per heavy atom. The van der Waals surface area contributed by atoms with Gasteiger partial charge in [0.15, 0.2) is 0 Å². The quantitative estimate of drug-likeness (QED) is 0.778. The number of rotatable bonds is 3. The molecule has 1 heterocycles. The largest absolute Gasteiger partial charge is 0.496 e. The number of nitrogens with one attached hydrogen (secondary N) is 1. The smallest absolute Gasteiger partial charge is 0.150 e. The minimum absolute atomic E-state index is 0.0383. The summed E-state index contributed by atoms with van der Waals surface area (Å²) in [6, 6.07) is 5.37. The average molecular weight is 221 g/mol. The van der Waals surface area contributed by atoms with Crippen molar-refractivity contribution in [1.82, 2.24) is 5.32 Å². The van der Waals surface area contributed by atoms with Gasteiger partial charge in [-0.25, -0.2) is 0 Å². The van der Waals surface area contributed by atoms with E-state index in [4.69, 9.17) is 9.47 Å². The van der Waals surface area contributed by atoms with Crippen LogP contribution in [0.15, 0.2) is 18.2 Å². The fourth-order valence-electron chi connectivity index (χ4n) is 1.84. The van der Waals surface area contributed by atoms with Crippen LogP contribution in [0.2, 0.25) is 0 Å². The number of carbonyl (C=O) groups excluding carboxylic acids is 1. The van der Waals surface area contributed by atoms with Crippen molar-refractivity contribution in [3.8, 4) is 5.75 Å². The Morgan fingerprint density at radius 2 is 2.44 bits per heavy atom. The highest BCUT2D eigenvalue weighted by atomic mass is 16.5. The van der Waals surface area contributed by atoms with Gasteiger partial charge in [-0.15, -0.1) is 0 Å². The molecule has 1 aromatic carbocycles. The van der Waals surface area contributed by atoms with Crippen LogP contribution < -0.4 is 10.1 Å². The van der Waals surface area contributed by atoms with Gasteiger partial charge < -0.3 is 14.8 Å². The Morgan fingerprint density at radius 3 is 3.06 bits per heavy atom. The van der Waals surface area contributed by atoms with Gasteiger partial charge in [0, 0.05) is 24.2 Å². The Balaban J connectivity index is 2.31. The van der Waals surface area contributed by atoms with Crippen molar-refractivity contribution in [2.75, 3.05) is 26.8 Å². The summed E-state index contributed by atoms with van der Waals surface area (Å²) in [5.41, 5.74) is 1.57. The maximum Gasteiger partial charge on any atom is 0.150 e. The third-order valence-electron chi connectivity index (χ3n) is 2.66. The number of aldehydes is 1. The van der Waals surface area contributed by atoms with Gasteiger partial charge in [0.05, 0.1) is 19.8 Å². The first-order chi connectivity index (χ1) is 7.85. The molecule has 1 aromatic rings. The minimum Gasteiger partial charge on any atom is -0.496 e. The predicted octanol–water partition coefficient (Wildman–Crippen LogP) is 1.17. The molecule has 1 fully saturated rings. The number of benzene rings is 1. The van der Waals surface area contributed by atoms with E-state index in [0.717, 1.165) is 30.7 Å². The third-order valence-corrected chi connectivity index (χ3v) is 2.66. The van der Waals surface area contributed by atoms with E-state index in [1.807, 2.05) is 6.07 Å². The molecular formula is C12H15NO3. The molecule has 0 saturated carbocycles. The number of morpholine rings is 1. The first-order valence-electron chi connectivity index (χ1n) is 5.30. The number of hydrogen-bond donors (Lipinski definition) is 1. The Kier molecular flexibility index (Phi) is 3.54. The molecule has 0 amide bonds. The summed E-state index contributed by atoms with van der Waals surface area (Å²) in [6.07, 6.45) is 0.794. The summed E-state index contributed by atoms with van der Waals surface area (Å²) >= 11 is 0. The highest BCUT2D eigenvalue weighted by Crippen LogP contribution is 2.29. The molecule has 1 aliphatic rings. The lowest BCUT2D eigenvalue weighted by atomic mass is 10.0. The maximum atomic E-state index is 10.7. The number of carbonyl (C=O) groups is 1.